The molecule has 18 heavy (non-hydrogen) atoms. The third-order valence-electron chi connectivity index (χ3n) is 2.23. The standard InChI is InChI=1S/C11H18F2N4O/c1-2-4-14-11-15-5-3-10(16-11)17(6-7-18)8-9(12)13/h3,5,9,18H,2,4,6-8H2,1H3,(H,14,15,16). The summed E-state index contributed by atoms with van der Waals surface area (Å²) in [6.45, 7) is 2.19. The van der Waals surface area contributed by atoms with Gasteiger partial charge in [0, 0.05) is 19.3 Å². The number of alkyl halides is 2. The first-order valence-electron chi connectivity index (χ1n) is 5.88. The van der Waals surface area contributed by atoms with E-state index in [9.17, 15) is 8.78 Å². The van der Waals surface area contributed by atoms with Crippen molar-refractivity contribution in [1.82, 2.24) is 9.97 Å². The molecule has 1 rings (SSSR count). The molecule has 0 atom stereocenters. The molecule has 5 nitrogen and oxygen atoms in total. The number of rotatable bonds is 8. The molecule has 0 aliphatic heterocycles. The fraction of sp³-hybridized carbons (Fsp3) is 0.636. The molecule has 0 aromatic carbocycles. The Morgan fingerprint density at radius 2 is 2.28 bits per heavy atom. The molecular formula is C11H18F2N4O. The number of halogens is 2. The van der Waals surface area contributed by atoms with Gasteiger partial charge in [-0.25, -0.2) is 13.8 Å². The molecule has 7 heteroatoms. The number of aliphatic hydroxyl groups excluding tert-OH is 1. The molecule has 1 heterocycles. The van der Waals surface area contributed by atoms with Crippen LogP contribution in [0.4, 0.5) is 20.5 Å². The van der Waals surface area contributed by atoms with Crippen LogP contribution in [-0.2, 0) is 0 Å². The van der Waals surface area contributed by atoms with Gasteiger partial charge in [-0.2, -0.15) is 4.98 Å². The van der Waals surface area contributed by atoms with Gasteiger partial charge in [0.1, 0.15) is 5.82 Å². The quantitative estimate of drug-likeness (QED) is 0.739. The van der Waals surface area contributed by atoms with Crippen molar-refractivity contribution in [2.75, 3.05) is 36.5 Å². The molecule has 0 aliphatic carbocycles. The summed E-state index contributed by atoms with van der Waals surface area (Å²) >= 11 is 0. The lowest BCUT2D eigenvalue weighted by molar-refractivity contribution is 0.152. The summed E-state index contributed by atoms with van der Waals surface area (Å²) in [6, 6.07) is 1.55. The highest BCUT2D eigenvalue weighted by molar-refractivity contribution is 5.42. The Labute approximate surface area is 105 Å². The largest absolute Gasteiger partial charge is 0.395 e. The van der Waals surface area contributed by atoms with Crippen molar-refractivity contribution < 1.29 is 13.9 Å². The molecule has 1 aromatic heterocycles. The SMILES string of the molecule is CCCNc1nccc(N(CCO)CC(F)F)n1. The van der Waals surface area contributed by atoms with Gasteiger partial charge in [-0.1, -0.05) is 6.92 Å². The van der Waals surface area contributed by atoms with Gasteiger partial charge < -0.3 is 15.3 Å². The highest BCUT2D eigenvalue weighted by Gasteiger charge is 2.14. The second-order valence-corrected chi connectivity index (χ2v) is 3.73. The van der Waals surface area contributed by atoms with E-state index in [1.54, 1.807) is 6.07 Å². The first-order valence-corrected chi connectivity index (χ1v) is 5.88. The van der Waals surface area contributed by atoms with Crippen LogP contribution in [-0.4, -0.2) is 47.7 Å². The van der Waals surface area contributed by atoms with Crippen molar-refractivity contribution in [3.8, 4) is 0 Å². The lowest BCUT2D eigenvalue weighted by atomic mass is 10.4. The van der Waals surface area contributed by atoms with Gasteiger partial charge in [0.2, 0.25) is 5.95 Å². The Hall–Kier alpha value is -1.50. The molecule has 0 amide bonds. The van der Waals surface area contributed by atoms with Gasteiger partial charge in [0.25, 0.3) is 6.43 Å². The number of anilines is 2. The van der Waals surface area contributed by atoms with E-state index >= 15 is 0 Å². The molecule has 0 aliphatic rings. The van der Waals surface area contributed by atoms with Crippen molar-refractivity contribution in [2.24, 2.45) is 0 Å². The Balaban J connectivity index is 2.76. The van der Waals surface area contributed by atoms with Crippen molar-refractivity contribution in [3.63, 3.8) is 0 Å². The van der Waals surface area contributed by atoms with Crippen molar-refractivity contribution in [1.29, 1.82) is 0 Å². The van der Waals surface area contributed by atoms with Crippen molar-refractivity contribution >= 4 is 11.8 Å². The summed E-state index contributed by atoms with van der Waals surface area (Å²) in [5.74, 6) is 0.796. The minimum absolute atomic E-state index is 0.120. The molecule has 0 spiro atoms. The number of hydrogen-bond donors (Lipinski definition) is 2. The van der Waals surface area contributed by atoms with Crippen LogP contribution >= 0.6 is 0 Å². The predicted octanol–water partition coefficient (Wildman–Crippen LogP) is 1.36. The highest BCUT2D eigenvalue weighted by atomic mass is 19.3. The molecule has 0 unspecified atom stereocenters. The molecule has 2 N–H and O–H groups in total. The zero-order chi connectivity index (χ0) is 13.4. The first-order chi connectivity index (χ1) is 8.67. The molecule has 0 saturated carbocycles. The van der Waals surface area contributed by atoms with E-state index in [4.69, 9.17) is 5.11 Å². The molecular weight excluding hydrogens is 242 g/mol. The molecule has 102 valence electrons. The lowest BCUT2D eigenvalue weighted by Crippen LogP contribution is -2.32. The van der Waals surface area contributed by atoms with E-state index in [0.29, 0.717) is 11.8 Å². The number of aliphatic hydroxyl groups is 1. The van der Waals surface area contributed by atoms with Gasteiger partial charge in [0.05, 0.1) is 13.2 Å². The molecule has 0 bridgehead atoms. The van der Waals surface area contributed by atoms with Crippen LogP contribution in [0.1, 0.15) is 13.3 Å². The summed E-state index contributed by atoms with van der Waals surface area (Å²) in [4.78, 5) is 9.48. The number of hydrogen-bond acceptors (Lipinski definition) is 5. The average molecular weight is 260 g/mol. The topological polar surface area (TPSA) is 61.3 Å². The maximum atomic E-state index is 12.4. The maximum absolute atomic E-state index is 12.4. The molecule has 1 aromatic rings. The van der Waals surface area contributed by atoms with Crippen LogP contribution in [0.15, 0.2) is 12.3 Å². The summed E-state index contributed by atoms with van der Waals surface area (Å²) in [5.41, 5.74) is 0. The predicted molar refractivity (Wildman–Crippen MR) is 66.1 cm³/mol. The maximum Gasteiger partial charge on any atom is 0.255 e. The van der Waals surface area contributed by atoms with Gasteiger partial charge in [0.15, 0.2) is 0 Å². The highest BCUT2D eigenvalue weighted by Crippen LogP contribution is 2.13. The van der Waals surface area contributed by atoms with Gasteiger partial charge in [-0.3, -0.25) is 0 Å². The minimum Gasteiger partial charge on any atom is -0.395 e. The summed E-state index contributed by atoms with van der Waals surface area (Å²) in [7, 11) is 0. The summed E-state index contributed by atoms with van der Waals surface area (Å²) < 4.78 is 24.8. The average Bonchev–Trinajstić information content (AvgIpc) is 2.36. The molecule has 0 fully saturated rings. The second-order valence-electron chi connectivity index (χ2n) is 3.73. The molecule has 0 radical (unpaired) electrons. The van der Waals surface area contributed by atoms with Gasteiger partial charge in [-0.05, 0) is 12.5 Å². The van der Waals surface area contributed by atoms with Gasteiger partial charge >= 0.3 is 0 Å². The van der Waals surface area contributed by atoms with Crippen molar-refractivity contribution in [3.05, 3.63) is 12.3 Å². The van der Waals surface area contributed by atoms with Crippen LogP contribution in [0.25, 0.3) is 0 Å². The molecule has 0 saturated heterocycles. The number of aromatic nitrogens is 2. The van der Waals surface area contributed by atoms with Gasteiger partial charge in [-0.15, -0.1) is 0 Å². The Bertz CT molecular complexity index is 352. The lowest BCUT2D eigenvalue weighted by Gasteiger charge is -2.22. The van der Waals surface area contributed by atoms with Crippen molar-refractivity contribution in [2.45, 2.75) is 19.8 Å². The van der Waals surface area contributed by atoms with E-state index in [-0.39, 0.29) is 13.2 Å². The van der Waals surface area contributed by atoms with Crippen LogP contribution < -0.4 is 10.2 Å². The Morgan fingerprint density at radius 1 is 1.50 bits per heavy atom. The number of nitrogens with one attached hydrogen (secondary N) is 1. The van der Waals surface area contributed by atoms with Crippen LogP contribution in [0.5, 0.6) is 0 Å². The van der Waals surface area contributed by atoms with E-state index in [0.717, 1.165) is 13.0 Å². The van der Waals surface area contributed by atoms with Crippen LogP contribution in [0.2, 0.25) is 0 Å². The monoisotopic (exact) mass is 260 g/mol. The fourth-order valence-electron chi connectivity index (χ4n) is 1.43. The zero-order valence-electron chi connectivity index (χ0n) is 10.3. The minimum atomic E-state index is -2.47. The Morgan fingerprint density at radius 3 is 2.89 bits per heavy atom. The van der Waals surface area contributed by atoms with Crippen LogP contribution in [0, 0.1) is 0 Å². The normalized spacial score (nSPS) is 10.7. The zero-order valence-corrected chi connectivity index (χ0v) is 10.3. The Kier molecular flexibility index (Phi) is 6.27. The summed E-state index contributed by atoms with van der Waals surface area (Å²) in [5, 5.41) is 11.9. The van der Waals surface area contributed by atoms with E-state index in [1.165, 1.54) is 11.1 Å². The van der Waals surface area contributed by atoms with Crippen LogP contribution in [0.3, 0.4) is 0 Å². The second kappa shape index (κ2) is 7.75. The summed E-state index contributed by atoms with van der Waals surface area (Å²) in [6.07, 6.45) is -0.0419. The fourth-order valence-corrected chi connectivity index (χ4v) is 1.43. The first kappa shape index (κ1) is 14.6. The number of nitrogens with zero attached hydrogens (tertiary/aromatic N) is 3. The van der Waals surface area contributed by atoms with E-state index in [2.05, 4.69) is 15.3 Å². The third-order valence-corrected chi connectivity index (χ3v) is 2.23. The third kappa shape index (κ3) is 4.79. The smallest absolute Gasteiger partial charge is 0.255 e. The van der Waals surface area contributed by atoms with E-state index < -0.39 is 13.0 Å². The van der Waals surface area contributed by atoms with E-state index in [1.807, 2.05) is 6.92 Å².